The van der Waals surface area contributed by atoms with Gasteiger partial charge in [0.05, 0.1) is 0 Å². The van der Waals surface area contributed by atoms with Crippen LogP contribution in [0.2, 0.25) is 5.02 Å². The number of hydrogen-bond acceptors (Lipinski definition) is 2. The van der Waals surface area contributed by atoms with E-state index in [1.165, 1.54) is 5.56 Å². The van der Waals surface area contributed by atoms with Crippen molar-refractivity contribution in [1.29, 1.82) is 0 Å². The standard InChI is InChI=1S/C15H12ClNO/c16-13-4-1-10(2-5-13)15(18)12-3-6-14-11(9-12)7-8-17-14/h1-6,9,17H,7-8H2. The van der Waals surface area contributed by atoms with Crippen LogP contribution in [0.3, 0.4) is 0 Å². The Labute approximate surface area is 111 Å². The molecule has 2 nitrogen and oxygen atoms in total. The Bertz CT molecular complexity index is 604. The first-order chi connectivity index (χ1) is 8.74. The average molecular weight is 258 g/mol. The van der Waals surface area contributed by atoms with E-state index >= 15 is 0 Å². The molecule has 1 aliphatic rings. The lowest BCUT2D eigenvalue weighted by Gasteiger charge is -2.04. The van der Waals surface area contributed by atoms with Gasteiger partial charge in [-0.25, -0.2) is 0 Å². The van der Waals surface area contributed by atoms with E-state index in [0.717, 1.165) is 24.2 Å². The number of rotatable bonds is 2. The number of halogens is 1. The summed E-state index contributed by atoms with van der Waals surface area (Å²) in [7, 11) is 0. The summed E-state index contributed by atoms with van der Waals surface area (Å²) in [5.74, 6) is 0.0429. The van der Waals surface area contributed by atoms with Gasteiger partial charge in [-0.05, 0) is 54.4 Å². The van der Waals surface area contributed by atoms with E-state index in [-0.39, 0.29) is 5.78 Å². The van der Waals surface area contributed by atoms with E-state index < -0.39 is 0 Å². The van der Waals surface area contributed by atoms with E-state index in [0.29, 0.717) is 10.6 Å². The number of ketones is 1. The number of fused-ring (bicyclic) bond motifs is 1. The van der Waals surface area contributed by atoms with Crippen LogP contribution in [-0.2, 0) is 6.42 Å². The lowest BCUT2D eigenvalue weighted by molar-refractivity contribution is 0.103. The van der Waals surface area contributed by atoms with Gasteiger partial charge in [-0.15, -0.1) is 0 Å². The van der Waals surface area contributed by atoms with Gasteiger partial charge in [-0.2, -0.15) is 0 Å². The molecule has 0 aliphatic carbocycles. The summed E-state index contributed by atoms with van der Waals surface area (Å²) in [5, 5.41) is 3.93. The monoisotopic (exact) mass is 257 g/mol. The molecule has 3 heteroatoms. The first-order valence-corrected chi connectivity index (χ1v) is 6.29. The molecule has 0 atom stereocenters. The molecule has 2 aromatic rings. The number of hydrogen-bond donors (Lipinski definition) is 1. The molecular formula is C15H12ClNO. The highest BCUT2D eigenvalue weighted by molar-refractivity contribution is 6.30. The summed E-state index contributed by atoms with van der Waals surface area (Å²) < 4.78 is 0. The summed E-state index contributed by atoms with van der Waals surface area (Å²) in [6, 6.07) is 12.8. The SMILES string of the molecule is O=C(c1ccc(Cl)cc1)c1ccc2c(c1)CCN2. The van der Waals surface area contributed by atoms with E-state index in [1.807, 2.05) is 18.2 Å². The number of carbonyl (C=O) groups excluding carboxylic acids is 1. The van der Waals surface area contributed by atoms with Crippen molar-refractivity contribution < 1.29 is 4.79 Å². The molecular weight excluding hydrogens is 246 g/mol. The zero-order valence-electron chi connectivity index (χ0n) is 9.74. The van der Waals surface area contributed by atoms with Gasteiger partial charge in [0.25, 0.3) is 0 Å². The number of benzene rings is 2. The summed E-state index contributed by atoms with van der Waals surface area (Å²) >= 11 is 5.82. The highest BCUT2D eigenvalue weighted by Crippen LogP contribution is 2.24. The summed E-state index contributed by atoms with van der Waals surface area (Å²) in [4.78, 5) is 12.3. The minimum absolute atomic E-state index is 0.0429. The predicted molar refractivity (Wildman–Crippen MR) is 73.5 cm³/mol. The molecule has 0 saturated heterocycles. The summed E-state index contributed by atoms with van der Waals surface area (Å²) in [5.41, 5.74) is 3.77. The van der Waals surface area contributed by atoms with Crippen LogP contribution in [0.4, 0.5) is 5.69 Å². The Hall–Kier alpha value is -1.80. The third kappa shape index (κ3) is 2.00. The highest BCUT2D eigenvalue weighted by atomic mass is 35.5. The highest BCUT2D eigenvalue weighted by Gasteiger charge is 2.14. The molecule has 1 aliphatic heterocycles. The van der Waals surface area contributed by atoms with Crippen molar-refractivity contribution in [2.24, 2.45) is 0 Å². The third-order valence-electron chi connectivity index (χ3n) is 3.18. The molecule has 0 fully saturated rings. The van der Waals surface area contributed by atoms with Crippen molar-refractivity contribution >= 4 is 23.1 Å². The molecule has 0 unspecified atom stereocenters. The van der Waals surface area contributed by atoms with Crippen molar-refractivity contribution in [2.45, 2.75) is 6.42 Å². The van der Waals surface area contributed by atoms with Crippen molar-refractivity contribution in [2.75, 3.05) is 11.9 Å². The predicted octanol–water partition coefficient (Wildman–Crippen LogP) is 3.54. The first-order valence-electron chi connectivity index (χ1n) is 5.91. The van der Waals surface area contributed by atoms with Crippen molar-refractivity contribution in [3.63, 3.8) is 0 Å². The first kappa shape index (κ1) is 11.3. The minimum atomic E-state index is 0.0429. The lowest BCUT2D eigenvalue weighted by atomic mass is 10.0. The Morgan fingerprint density at radius 2 is 1.78 bits per heavy atom. The topological polar surface area (TPSA) is 29.1 Å². The zero-order chi connectivity index (χ0) is 12.5. The maximum absolute atomic E-state index is 12.3. The van der Waals surface area contributed by atoms with E-state index in [1.54, 1.807) is 24.3 Å². The Morgan fingerprint density at radius 1 is 1.06 bits per heavy atom. The summed E-state index contributed by atoms with van der Waals surface area (Å²) in [6.07, 6.45) is 0.983. The second-order valence-electron chi connectivity index (χ2n) is 4.38. The number of anilines is 1. The van der Waals surface area contributed by atoms with E-state index in [4.69, 9.17) is 11.6 Å². The van der Waals surface area contributed by atoms with Crippen LogP contribution in [-0.4, -0.2) is 12.3 Å². The van der Waals surface area contributed by atoms with Crippen LogP contribution < -0.4 is 5.32 Å². The van der Waals surface area contributed by atoms with Gasteiger partial charge in [-0.3, -0.25) is 4.79 Å². The lowest BCUT2D eigenvalue weighted by Crippen LogP contribution is -2.01. The number of nitrogens with one attached hydrogen (secondary N) is 1. The second kappa shape index (κ2) is 4.46. The van der Waals surface area contributed by atoms with Gasteiger partial charge >= 0.3 is 0 Å². The van der Waals surface area contributed by atoms with Crippen LogP contribution in [0.5, 0.6) is 0 Å². The van der Waals surface area contributed by atoms with Crippen molar-refractivity contribution in [3.8, 4) is 0 Å². The molecule has 90 valence electrons. The smallest absolute Gasteiger partial charge is 0.193 e. The molecule has 0 bridgehead atoms. The van der Waals surface area contributed by atoms with Crippen molar-refractivity contribution in [1.82, 2.24) is 0 Å². The Balaban J connectivity index is 1.95. The number of carbonyl (C=O) groups is 1. The molecule has 3 rings (SSSR count). The maximum atomic E-state index is 12.3. The van der Waals surface area contributed by atoms with Gasteiger partial charge in [-0.1, -0.05) is 11.6 Å². The third-order valence-corrected chi connectivity index (χ3v) is 3.44. The van der Waals surface area contributed by atoms with Crippen molar-refractivity contribution in [3.05, 3.63) is 64.2 Å². The average Bonchev–Trinajstić information content (AvgIpc) is 2.86. The molecule has 1 heterocycles. The van der Waals surface area contributed by atoms with E-state index in [9.17, 15) is 4.79 Å². The van der Waals surface area contributed by atoms with E-state index in [2.05, 4.69) is 5.32 Å². The van der Waals surface area contributed by atoms with Crippen LogP contribution in [0.1, 0.15) is 21.5 Å². The van der Waals surface area contributed by atoms with Crippen LogP contribution in [0.15, 0.2) is 42.5 Å². The molecule has 0 spiro atoms. The fraction of sp³-hybridized carbons (Fsp3) is 0.133. The largest absolute Gasteiger partial charge is 0.384 e. The fourth-order valence-electron chi connectivity index (χ4n) is 2.21. The van der Waals surface area contributed by atoms with Gasteiger partial charge < -0.3 is 5.32 Å². The van der Waals surface area contributed by atoms with Gasteiger partial charge in [0.2, 0.25) is 0 Å². The maximum Gasteiger partial charge on any atom is 0.193 e. The molecule has 0 saturated carbocycles. The Morgan fingerprint density at radius 3 is 2.56 bits per heavy atom. The molecule has 0 aromatic heterocycles. The molecule has 1 N–H and O–H groups in total. The van der Waals surface area contributed by atoms with Crippen LogP contribution in [0.25, 0.3) is 0 Å². The summed E-state index contributed by atoms with van der Waals surface area (Å²) in [6.45, 7) is 0.952. The Kier molecular flexibility index (Phi) is 2.80. The molecule has 2 aromatic carbocycles. The molecule has 18 heavy (non-hydrogen) atoms. The normalized spacial score (nSPS) is 12.9. The quantitative estimate of drug-likeness (QED) is 0.834. The minimum Gasteiger partial charge on any atom is -0.384 e. The molecule has 0 amide bonds. The zero-order valence-corrected chi connectivity index (χ0v) is 10.5. The fourth-order valence-corrected chi connectivity index (χ4v) is 2.34. The second-order valence-corrected chi connectivity index (χ2v) is 4.82. The van der Waals surface area contributed by atoms with Gasteiger partial charge in [0.1, 0.15) is 0 Å². The van der Waals surface area contributed by atoms with Gasteiger partial charge in [0.15, 0.2) is 5.78 Å². The van der Waals surface area contributed by atoms with Crippen LogP contribution >= 0.6 is 11.6 Å². The van der Waals surface area contributed by atoms with Crippen LogP contribution in [0, 0.1) is 0 Å². The van der Waals surface area contributed by atoms with Gasteiger partial charge in [0, 0.05) is 28.4 Å². The molecule has 0 radical (unpaired) electrons.